The topological polar surface area (TPSA) is 78.0 Å². The van der Waals surface area contributed by atoms with Gasteiger partial charge in [-0.1, -0.05) is 6.07 Å². The number of thiophene rings is 1. The van der Waals surface area contributed by atoms with Crippen molar-refractivity contribution in [2.24, 2.45) is 0 Å². The van der Waals surface area contributed by atoms with Gasteiger partial charge in [-0.2, -0.15) is 0 Å². The van der Waals surface area contributed by atoms with Crippen molar-refractivity contribution in [1.82, 2.24) is 14.7 Å². The van der Waals surface area contributed by atoms with Gasteiger partial charge >= 0.3 is 0 Å². The van der Waals surface area contributed by atoms with Crippen LogP contribution in [0.2, 0.25) is 0 Å². The van der Waals surface area contributed by atoms with Gasteiger partial charge in [0.1, 0.15) is 0 Å². The lowest BCUT2D eigenvalue weighted by molar-refractivity contribution is -0.127. The molecule has 0 radical (unpaired) electrons. The van der Waals surface area contributed by atoms with Crippen molar-refractivity contribution in [2.45, 2.75) is 0 Å². The minimum absolute atomic E-state index is 0.0739. The summed E-state index contributed by atoms with van der Waals surface area (Å²) in [6.45, 7) is 1.73. The zero-order valence-corrected chi connectivity index (χ0v) is 16.6. The molecule has 4 rings (SSSR count). The fourth-order valence-electron chi connectivity index (χ4n) is 3.45. The highest BCUT2D eigenvalue weighted by Gasteiger charge is 2.34. The third-order valence-electron chi connectivity index (χ3n) is 5.15. The second-order valence-corrected chi connectivity index (χ2v) is 7.88. The van der Waals surface area contributed by atoms with Gasteiger partial charge < -0.3 is 9.80 Å². The molecule has 0 atom stereocenters. The summed E-state index contributed by atoms with van der Waals surface area (Å²) in [7, 11) is 1.43. The molecule has 0 aliphatic carbocycles. The van der Waals surface area contributed by atoms with Crippen LogP contribution in [0.1, 0.15) is 36.0 Å². The predicted molar refractivity (Wildman–Crippen MR) is 109 cm³/mol. The van der Waals surface area contributed by atoms with Crippen LogP contribution in [0.5, 0.6) is 0 Å². The number of nitrogens with zero attached hydrogens (tertiary/aromatic N) is 3. The highest BCUT2D eigenvalue weighted by molar-refractivity contribution is 7.10. The summed E-state index contributed by atoms with van der Waals surface area (Å²) in [5, 5.41) is 1.95. The van der Waals surface area contributed by atoms with Crippen molar-refractivity contribution in [3.63, 3.8) is 0 Å². The molecule has 0 bridgehead atoms. The van der Waals surface area contributed by atoms with E-state index in [0.717, 1.165) is 9.78 Å². The monoisotopic (exact) mass is 409 g/mol. The summed E-state index contributed by atoms with van der Waals surface area (Å²) >= 11 is 1.56. The molecule has 3 heterocycles. The number of hydrogen-bond donors (Lipinski definition) is 0. The van der Waals surface area contributed by atoms with Gasteiger partial charge in [-0.3, -0.25) is 24.1 Å². The van der Waals surface area contributed by atoms with Crippen LogP contribution < -0.4 is 0 Å². The van der Waals surface area contributed by atoms with E-state index in [4.69, 9.17) is 0 Å². The fourth-order valence-corrected chi connectivity index (χ4v) is 4.07. The van der Waals surface area contributed by atoms with Crippen molar-refractivity contribution < 1.29 is 19.2 Å². The van der Waals surface area contributed by atoms with E-state index in [9.17, 15) is 19.2 Å². The van der Waals surface area contributed by atoms with Gasteiger partial charge in [-0.05, 0) is 35.7 Å². The molecule has 1 fully saturated rings. The van der Waals surface area contributed by atoms with Crippen LogP contribution in [0.15, 0.2) is 41.8 Å². The number of benzene rings is 1. The molecule has 7 nitrogen and oxygen atoms in total. The first kappa shape index (κ1) is 19.1. The summed E-state index contributed by atoms with van der Waals surface area (Å²) in [5.74, 6) is -1.03. The molecular formula is C21H19N3O4S. The Hall–Kier alpha value is -3.26. The van der Waals surface area contributed by atoms with E-state index in [0.29, 0.717) is 37.3 Å². The Balaban J connectivity index is 1.39. The fraction of sp³-hybridized carbons (Fsp3) is 0.238. The standard InChI is InChI=1S/C21H19N3O4S/c1-22-20(27)16-6-4-14(13-17(16)21(22)28)19(26)24-10-8-23(9-11-24)18(25)7-5-15-3-2-12-29-15/h2-7,12-13H,8-11H2,1H3. The van der Waals surface area contributed by atoms with Crippen molar-refractivity contribution in [3.05, 3.63) is 63.4 Å². The summed E-state index contributed by atoms with van der Waals surface area (Å²) < 4.78 is 0. The van der Waals surface area contributed by atoms with Crippen molar-refractivity contribution >= 4 is 41.0 Å². The van der Waals surface area contributed by atoms with Gasteiger partial charge in [0.05, 0.1) is 11.1 Å². The Morgan fingerprint density at radius 3 is 2.34 bits per heavy atom. The smallest absolute Gasteiger partial charge is 0.261 e. The SMILES string of the molecule is CN1C(=O)c2ccc(C(=O)N3CCN(C(=O)C=Cc4cccs4)CC3)cc2C1=O. The van der Waals surface area contributed by atoms with E-state index >= 15 is 0 Å². The van der Waals surface area contributed by atoms with E-state index in [1.54, 1.807) is 39.4 Å². The molecular weight excluding hydrogens is 390 g/mol. The molecule has 29 heavy (non-hydrogen) atoms. The summed E-state index contributed by atoms with van der Waals surface area (Å²) in [6, 6.07) is 8.47. The second kappa shape index (κ2) is 7.63. The molecule has 8 heteroatoms. The number of amides is 4. The van der Waals surface area contributed by atoms with E-state index < -0.39 is 5.91 Å². The molecule has 1 saturated heterocycles. The van der Waals surface area contributed by atoms with E-state index in [1.165, 1.54) is 19.2 Å². The average Bonchev–Trinajstić information content (AvgIpc) is 3.35. The first-order valence-electron chi connectivity index (χ1n) is 9.22. The maximum absolute atomic E-state index is 12.8. The summed E-state index contributed by atoms with van der Waals surface area (Å²) in [5.41, 5.74) is 0.954. The Morgan fingerprint density at radius 2 is 1.66 bits per heavy atom. The third-order valence-corrected chi connectivity index (χ3v) is 5.99. The van der Waals surface area contributed by atoms with Crippen molar-refractivity contribution in [2.75, 3.05) is 33.2 Å². The van der Waals surface area contributed by atoms with Gasteiger partial charge in [-0.25, -0.2) is 0 Å². The minimum Gasteiger partial charge on any atom is -0.336 e. The normalized spacial score (nSPS) is 16.7. The Morgan fingerprint density at radius 1 is 0.966 bits per heavy atom. The van der Waals surface area contributed by atoms with Crippen LogP contribution in [0, 0.1) is 0 Å². The van der Waals surface area contributed by atoms with Crippen molar-refractivity contribution in [3.8, 4) is 0 Å². The van der Waals surface area contributed by atoms with E-state index in [2.05, 4.69) is 0 Å². The lowest BCUT2D eigenvalue weighted by Crippen LogP contribution is -2.50. The van der Waals surface area contributed by atoms with Gasteiger partial charge in [0.15, 0.2) is 0 Å². The molecule has 0 spiro atoms. The van der Waals surface area contributed by atoms with Gasteiger partial charge in [0.25, 0.3) is 17.7 Å². The van der Waals surface area contributed by atoms with Crippen LogP contribution in [0.4, 0.5) is 0 Å². The maximum Gasteiger partial charge on any atom is 0.261 e. The zero-order chi connectivity index (χ0) is 20.5. The first-order valence-corrected chi connectivity index (χ1v) is 10.1. The lowest BCUT2D eigenvalue weighted by atomic mass is 10.0. The van der Waals surface area contributed by atoms with Gasteiger partial charge in [0.2, 0.25) is 5.91 Å². The molecule has 1 aromatic heterocycles. The molecule has 0 saturated carbocycles. The minimum atomic E-state index is -0.396. The third kappa shape index (κ3) is 3.58. The Labute approximate surface area is 171 Å². The largest absolute Gasteiger partial charge is 0.336 e. The molecule has 2 aromatic rings. The van der Waals surface area contributed by atoms with Crippen LogP contribution >= 0.6 is 11.3 Å². The summed E-state index contributed by atoms with van der Waals surface area (Å²) in [6.07, 6.45) is 3.35. The van der Waals surface area contributed by atoms with Crippen molar-refractivity contribution in [1.29, 1.82) is 0 Å². The first-order chi connectivity index (χ1) is 14.0. The molecule has 4 amide bonds. The number of carbonyl (C=O) groups is 4. The number of fused-ring (bicyclic) bond motifs is 1. The van der Waals surface area contributed by atoms with E-state index in [1.807, 2.05) is 17.5 Å². The number of piperazine rings is 1. The zero-order valence-electron chi connectivity index (χ0n) is 15.8. The number of imide groups is 1. The predicted octanol–water partition coefficient (Wildman–Crippen LogP) is 1.97. The highest BCUT2D eigenvalue weighted by Crippen LogP contribution is 2.23. The van der Waals surface area contributed by atoms with E-state index in [-0.39, 0.29) is 23.3 Å². The van der Waals surface area contributed by atoms with Gasteiger partial charge in [0, 0.05) is 49.7 Å². The number of carbonyl (C=O) groups excluding carboxylic acids is 4. The number of hydrogen-bond acceptors (Lipinski definition) is 5. The molecule has 2 aliphatic rings. The molecule has 0 unspecified atom stereocenters. The van der Waals surface area contributed by atoms with Crippen LogP contribution in [0.3, 0.4) is 0 Å². The molecule has 1 aromatic carbocycles. The number of rotatable bonds is 3. The average molecular weight is 409 g/mol. The molecule has 0 N–H and O–H groups in total. The molecule has 2 aliphatic heterocycles. The Bertz CT molecular complexity index is 1020. The maximum atomic E-state index is 12.8. The highest BCUT2D eigenvalue weighted by atomic mass is 32.1. The second-order valence-electron chi connectivity index (χ2n) is 6.90. The van der Waals surface area contributed by atoms with Crippen LogP contribution in [-0.2, 0) is 4.79 Å². The van der Waals surface area contributed by atoms with Crippen LogP contribution in [-0.4, -0.2) is 71.6 Å². The Kier molecular flexibility index (Phi) is 5.02. The summed E-state index contributed by atoms with van der Waals surface area (Å²) in [4.78, 5) is 54.7. The lowest BCUT2D eigenvalue weighted by Gasteiger charge is -2.34. The van der Waals surface area contributed by atoms with Gasteiger partial charge in [-0.15, -0.1) is 11.3 Å². The molecule has 148 valence electrons. The van der Waals surface area contributed by atoms with Crippen LogP contribution in [0.25, 0.3) is 6.08 Å². The quantitative estimate of drug-likeness (QED) is 0.574.